The van der Waals surface area contributed by atoms with Crippen LogP contribution in [0, 0.1) is 39.9 Å². The van der Waals surface area contributed by atoms with Crippen LogP contribution < -0.4 is 0 Å². The van der Waals surface area contributed by atoms with Crippen molar-refractivity contribution < 1.29 is 24.2 Å². The molecule has 5 nitrogen and oxygen atoms in total. The van der Waals surface area contributed by atoms with Gasteiger partial charge in [0.2, 0.25) is 0 Å². The number of fused-ring (bicyclic) bond motifs is 2. The highest BCUT2D eigenvalue weighted by Gasteiger charge is 2.74. The first-order valence-corrected chi connectivity index (χ1v) is 9.55. The minimum Gasteiger partial charge on any atom is -0.464 e. The van der Waals surface area contributed by atoms with E-state index in [1.807, 2.05) is 6.92 Å². The number of aldehydes is 1. The molecule has 4 fully saturated rings. The number of aliphatic hydroxyl groups is 1. The van der Waals surface area contributed by atoms with Gasteiger partial charge >= 0.3 is 5.97 Å². The van der Waals surface area contributed by atoms with Crippen LogP contribution in [0.3, 0.4) is 0 Å². The first-order chi connectivity index (χ1) is 11.7. The number of carbonyl (C=O) groups is 3. The number of ketones is 1. The maximum Gasteiger partial charge on any atom is 0.320 e. The average Bonchev–Trinajstić information content (AvgIpc) is 2.73. The Kier molecular flexibility index (Phi) is 3.54. The Morgan fingerprint density at radius 3 is 2.64 bits per heavy atom. The molecule has 4 aliphatic rings. The molecule has 25 heavy (non-hydrogen) atoms. The number of rotatable bonds is 1. The van der Waals surface area contributed by atoms with E-state index in [9.17, 15) is 19.5 Å². The Morgan fingerprint density at radius 2 is 1.96 bits per heavy atom. The van der Waals surface area contributed by atoms with Gasteiger partial charge in [0, 0.05) is 23.2 Å². The van der Waals surface area contributed by atoms with Crippen molar-refractivity contribution in [1.29, 1.82) is 0 Å². The van der Waals surface area contributed by atoms with E-state index in [0.29, 0.717) is 12.8 Å². The minimum atomic E-state index is -1.24. The molecule has 2 spiro atoms. The Morgan fingerprint density at radius 1 is 1.24 bits per heavy atom. The summed E-state index contributed by atoms with van der Waals surface area (Å²) in [6, 6.07) is 0. The molecule has 1 saturated heterocycles. The molecule has 0 radical (unpaired) electrons. The van der Waals surface area contributed by atoms with Crippen molar-refractivity contribution in [3.63, 3.8) is 0 Å². The summed E-state index contributed by atoms with van der Waals surface area (Å²) in [7, 11) is 0. The summed E-state index contributed by atoms with van der Waals surface area (Å²) in [6.07, 6.45) is 3.85. The monoisotopic (exact) mass is 348 g/mol. The van der Waals surface area contributed by atoms with Crippen LogP contribution in [0.15, 0.2) is 0 Å². The molecule has 2 bridgehead atoms. The molecule has 4 rings (SSSR count). The predicted octanol–water partition coefficient (Wildman–Crippen LogP) is 2.15. The fraction of sp³-hybridized carbons (Fsp3) is 0.850. The molecule has 0 aromatic heterocycles. The van der Waals surface area contributed by atoms with Gasteiger partial charge in [-0.3, -0.25) is 9.59 Å². The molecule has 138 valence electrons. The maximum absolute atomic E-state index is 13.2. The minimum absolute atomic E-state index is 0.0349. The summed E-state index contributed by atoms with van der Waals surface area (Å²) in [6.45, 7) is 6.17. The van der Waals surface area contributed by atoms with Crippen molar-refractivity contribution >= 4 is 18.0 Å². The van der Waals surface area contributed by atoms with E-state index in [0.717, 1.165) is 25.5 Å². The summed E-state index contributed by atoms with van der Waals surface area (Å²) < 4.78 is 5.62. The first-order valence-electron chi connectivity index (χ1n) is 9.55. The number of Topliss-reactive ketones (excluding diaryl/α,β-unsaturated/α-hetero) is 1. The van der Waals surface area contributed by atoms with Crippen LogP contribution in [0.4, 0.5) is 0 Å². The van der Waals surface area contributed by atoms with Gasteiger partial charge in [-0.2, -0.15) is 0 Å². The lowest BCUT2D eigenvalue weighted by Gasteiger charge is -2.60. The fourth-order valence-electron chi connectivity index (χ4n) is 7.05. The summed E-state index contributed by atoms with van der Waals surface area (Å²) in [5.41, 5.74) is -2.09. The van der Waals surface area contributed by atoms with Gasteiger partial charge in [-0.25, -0.2) is 0 Å². The highest BCUT2D eigenvalue weighted by atomic mass is 16.5. The Bertz CT molecular complexity index is 640. The number of aliphatic hydroxyl groups excluding tert-OH is 1. The third kappa shape index (κ3) is 1.91. The topological polar surface area (TPSA) is 80.7 Å². The zero-order valence-corrected chi connectivity index (χ0v) is 15.3. The number of ether oxygens (including phenoxy) is 1. The number of hydrogen-bond acceptors (Lipinski definition) is 5. The van der Waals surface area contributed by atoms with Gasteiger partial charge in [0.25, 0.3) is 0 Å². The van der Waals surface area contributed by atoms with Crippen LogP contribution in [0.2, 0.25) is 0 Å². The number of hydrogen-bond donors (Lipinski definition) is 1. The van der Waals surface area contributed by atoms with E-state index < -0.39 is 28.8 Å². The summed E-state index contributed by atoms with van der Waals surface area (Å²) in [5.74, 6) is -1.55. The first kappa shape index (κ1) is 17.2. The van der Waals surface area contributed by atoms with Crippen LogP contribution in [0.25, 0.3) is 0 Å². The standard InChI is InChI=1S/C20H28O5/c1-11-12-7-13(22)15-19(6-4-5-18(2,3)14(19)9-21)10-25-17(24)20(15,8-12)16(11)23/h9,11-15,22H,4-8,10H2,1-3H3/t11-,12-,13-,14-,15+,19-,20+/m1/s1. The molecule has 1 heterocycles. The van der Waals surface area contributed by atoms with Crippen molar-refractivity contribution in [2.24, 2.45) is 39.9 Å². The van der Waals surface area contributed by atoms with E-state index in [4.69, 9.17) is 4.74 Å². The van der Waals surface area contributed by atoms with Crippen molar-refractivity contribution in [2.45, 2.75) is 59.0 Å². The zero-order valence-electron chi connectivity index (χ0n) is 15.3. The Labute approximate surface area is 148 Å². The lowest BCUT2D eigenvalue weighted by atomic mass is 9.44. The van der Waals surface area contributed by atoms with Gasteiger partial charge in [-0.15, -0.1) is 0 Å². The second-order valence-electron chi connectivity index (χ2n) is 9.63. The van der Waals surface area contributed by atoms with Crippen LogP contribution in [0.5, 0.6) is 0 Å². The van der Waals surface area contributed by atoms with Crippen LogP contribution in [0.1, 0.15) is 52.9 Å². The van der Waals surface area contributed by atoms with E-state index >= 15 is 0 Å². The molecule has 7 atom stereocenters. The van der Waals surface area contributed by atoms with E-state index in [-0.39, 0.29) is 35.6 Å². The normalized spacial score (nSPS) is 51.1. The third-order valence-electron chi connectivity index (χ3n) is 8.12. The van der Waals surface area contributed by atoms with Crippen molar-refractivity contribution in [3.05, 3.63) is 0 Å². The highest BCUT2D eigenvalue weighted by Crippen LogP contribution is 2.67. The lowest BCUT2D eigenvalue weighted by molar-refractivity contribution is -0.225. The molecule has 3 saturated carbocycles. The summed E-state index contributed by atoms with van der Waals surface area (Å²) in [5, 5.41) is 11.1. The SMILES string of the molecule is C[C@H]1C(=O)[C@]23C[C@H]1C[C@@H](O)[C@H]2[C@]1(CCCC(C)(C)[C@H]1C=O)COC3=O. The molecule has 5 heteroatoms. The number of cyclic esters (lactones) is 1. The van der Waals surface area contributed by atoms with Gasteiger partial charge in [0.15, 0.2) is 5.78 Å². The van der Waals surface area contributed by atoms with Crippen LogP contribution >= 0.6 is 0 Å². The van der Waals surface area contributed by atoms with Crippen molar-refractivity contribution in [1.82, 2.24) is 0 Å². The molecule has 0 aromatic rings. The molecule has 1 aliphatic heterocycles. The maximum atomic E-state index is 13.2. The molecule has 1 N–H and O–H groups in total. The lowest BCUT2D eigenvalue weighted by Crippen LogP contribution is -2.66. The number of esters is 1. The van der Waals surface area contributed by atoms with Gasteiger partial charge in [-0.1, -0.05) is 27.2 Å². The molecule has 0 amide bonds. The molecule has 0 aromatic carbocycles. The van der Waals surface area contributed by atoms with E-state index in [1.54, 1.807) is 0 Å². The van der Waals surface area contributed by atoms with Crippen molar-refractivity contribution in [2.75, 3.05) is 6.61 Å². The molecule has 0 unspecified atom stereocenters. The highest BCUT2D eigenvalue weighted by molar-refractivity contribution is 6.08. The summed E-state index contributed by atoms with van der Waals surface area (Å²) >= 11 is 0. The third-order valence-corrected chi connectivity index (χ3v) is 8.12. The largest absolute Gasteiger partial charge is 0.464 e. The van der Waals surface area contributed by atoms with E-state index in [2.05, 4.69) is 13.8 Å². The van der Waals surface area contributed by atoms with Gasteiger partial charge in [-0.05, 0) is 37.0 Å². The Balaban J connectivity index is 1.90. The zero-order chi connectivity index (χ0) is 18.2. The second-order valence-corrected chi connectivity index (χ2v) is 9.63. The Hall–Kier alpha value is -1.23. The smallest absolute Gasteiger partial charge is 0.320 e. The van der Waals surface area contributed by atoms with Crippen molar-refractivity contribution in [3.8, 4) is 0 Å². The molecular formula is C20H28O5. The fourth-order valence-corrected chi connectivity index (χ4v) is 7.05. The van der Waals surface area contributed by atoms with Crippen LogP contribution in [-0.4, -0.2) is 35.9 Å². The van der Waals surface area contributed by atoms with Gasteiger partial charge < -0.3 is 14.6 Å². The predicted molar refractivity (Wildman–Crippen MR) is 89.4 cm³/mol. The van der Waals surface area contributed by atoms with Gasteiger partial charge in [0.05, 0.1) is 12.7 Å². The molecular weight excluding hydrogens is 320 g/mol. The number of carbonyl (C=O) groups excluding carboxylic acids is 3. The van der Waals surface area contributed by atoms with Gasteiger partial charge in [0.1, 0.15) is 11.7 Å². The molecule has 3 aliphatic carbocycles. The average molecular weight is 348 g/mol. The van der Waals surface area contributed by atoms with Crippen LogP contribution in [-0.2, 0) is 19.1 Å². The summed E-state index contributed by atoms with van der Waals surface area (Å²) in [4.78, 5) is 38.2. The quantitative estimate of drug-likeness (QED) is 0.446. The second kappa shape index (κ2) is 5.15. The van der Waals surface area contributed by atoms with E-state index in [1.165, 1.54) is 0 Å².